The number of rotatable bonds is 5. The highest BCUT2D eigenvalue weighted by Crippen LogP contribution is 2.31. The number of aromatic nitrogens is 3. The van der Waals surface area contributed by atoms with Crippen molar-refractivity contribution in [2.45, 2.75) is 20.0 Å². The molecule has 0 fully saturated rings. The third-order valence-electron chi connectivity index (χ3n) is 4.70. The van der Waals surface area contributed by atoms with E-state index >= 15 is 0 Å². The van der Waals surface area contributed by atoms with Crippen LogP contribution in [0.4, 0.5) is 4.79 Å². The Kier molecular flexibility index (Phi) is 5.33. The molecule has 0 aliphatic carbocycles. The molecule has 1 aliphatic rings. The summed E-state index contributed by atoms with van der Waals surface area (Å²) < 4.78 is 13.0. The lowest BCUT2D eigenvalue weighted by atomic mass is 10.2. The third kappa shape index (κ3) is 4.31. The molecule has 8 heteroatoms. The van der Waals surface area contributed by atoms with Gasteiger partial charge in [-0.2, -0.15) is 0 Å². The number of urea groups is 1. The minimum atomic E-state index is -0.155. The number of nitrogens with zero attached hydrogens (tertiary/aromatic N) is 4. The number of hydrogen-bond donors (Lipinski definition) is 1. The van der Waals surface area contributed by atoms with Gasteiger partial charge in [0.15, 0.2) is 11.5 Å². The van der Waals surface area contributed by atoms with Gasteiger partial charge in [0.1, 0.15) is 24.9 Å². The summed E-state index contributed by atoms with van der Waals surface area (Å²) in [5.74, 6) is 3.10. The van der Waals surface area contributed by atoms with Crippen molar-refractivity contribution in [2.24, 2.45) is 0 Å². The fourth-order valence-electron chi connectivity index (χ4n) is 3.17. The standard InChI is InChI=1S/C21H23N5O3/c1-15-22-7-8-26(15)20-12-16(5-6-23-20)13-24-21(27)25(2)14-17-3-4-18-19(11-17)29-10-9-28-18/h3-8,11-12H,9-10,13-14H2,1-2H3,(H,24,27). The summed E-state index contributed by atoms with van der Waals surface area (Å²) in [6, 6.07) is 9.41. The monoisotopic (exact) mass is 393 g/mol. The average Bonchev–Trinajstić information content (AvgIpc) is 3.18. The highest BCUT2D eigenvalue weighted by atomic mass is 16.6. The Balaban J connectivity index is 1.35. The minimum absolute atomic E-state index is 0.155. The second kappa shape index (κ2) is 8.22. The van der Waals surface area contributed by atoms with Crippen LogP contribution in [0.25, 0.3) is 5.82 Å². The molecule has 0 saturated carbocycles. The van der Waals surface area contributed by atoms with Gasteiger partial charge in [0.2, 0.25) is 0 Å². The number of carbonyl (C=O) groups excluding carboxylic acids is 1. The van der Waals surface area contributed by atoms with Crippen molar-refractivity contribution in [1.82, 2.24) is 24.8 Å². The van der Waals surface area contributed by atoms with E-state index in [0.29, 0.717) is 26.3 Å². The number of ether oxygens (including phenoxy) is 2. The first-order valence-corrected chi connectivity index (χ1v) is 9.43. The quantitative estimate of drug-likeness (QED) is 0.721. The molecular formula is C21H23N5O3. The first-order chi connectivity index (χ1) is 14.1. The molecule has 0 unspecified atom stereocenters. The van der Waals surface area contributed by atoms with E-state index in [9.17, 15) is 4.79 Å². The zero-order valence-electron chi connectivity index (χ0n) is 16.5. The van der Waals surface area contributed by atoms with E-state index in [-0.39, 0.29) is 6.03 Å². The number of nitrogens with one attached hydrogen (secondary N) is 1. The van der Waals surface area contributed by atoms with Crippen molar-refractivity contribution in [1.29, 1.82) is 0 Å². The lowest BCUT2D eigenvalue weighted by Crippen LogP contribution is -2.36. The Hall–Kier alpha value is -3.55. The predicted molar refractivity (Wildman–Crippen MR) is 107 cm³/mol. The average molecular weight is 393 g/mol. The molecule has 4 rings (SSSR count). The summed E-state index contributed by atoms with van der Waals surface area (Å²) in [5.41, 5.74) is 1.94. The second-order valence-electron chi connectivity index (χ2n) is 6.86. The van der Waals surface area contributed by atoms with E-state index in [1.54, 1.807) is 24.3 Å². The van der Waals surface area contributed by atoms with E-state index in [1.165, 1.54) is 0 Å². The van der Waals surface area contributed by atoms with Crippen LogP contribution in [0.3, 0.4) is 0 Å². The summed E-state index contributed by atoms with van der Waals surface area (Å²) in [7, 11) is 1.76. The van der Waals surface area contributed by atoms with E-state index in [2.05, 4.69) is 15.3 Å². The van der Waals surface area contributed by atoms with Gasteiger partial charge in [-0.3, -0.25) is 4.57 Å². The summed E-state index contributed by atoms with van der Waals surface area (Å²) in [6.07, 6.45) is 5.33. The highest BCUT2D eigenvalue weighted by Gasteiger charge is 2.14. The van der Waals surface area contributed by atoms with Gasteiger partial charge < -0.3 is 19.7 Å². The molecule has 3 heterocycles. The molecule has 29 heavy (non-hydrogen) atoms. The predicted octanol–water partition coefficient (Wildman–Crippen LogP) is 2.69. The van der Waals surface area contributed by atoms with Crippen molar-refractivity contribution in [2.75, 3.05) is 20.3 Å². The lowest BCUT2D eigenvalue weighted by Gasteiger charge is -2.21. The number of carbonyl (C=O) groups is 1. The summed E-state index contributed by atoms with van der Waals surface area (Å²) in [4.78, 5) is 22.7. The number of imidazole rings is 1. The Morgan fingerprint density at radius 2 is 1.93 bits per heavy atom. The second-order valence-corrected chi connectivity index (χ2v) is 6.86. The Labute approximate surface area is 169 Å². The fraction of sp³-hybridized carbons (Fsp3) is 0.286. The normalized spacial score (nSPS) is 12.5. The van der Waals surface area contributed by atoms with Gasteiger partial charge in [-0.1, -0.05) is 6.07 Å². The SMILES string of the molecule is Cc1nccn1-c1cc(CNC(=O)N(C)Cc2ccc3c(c2)OCCO3)ccn1. The number of benzene rings is 1. The zero-order chi connectivity index (χ0) is 20.2. The van der Waals surface area contributed by atoms with Gasteiger partial charge in [-0.05, 0) is 42.3 Å². The third-order valence-corrected chi connectivity index (χ3v) is 4.70. The number of amides is 2. The highest BCUT2D eigenvalue weighted by molar-refractivity contribution is 5.73. The van der Waals surface area contributed by atoms with Crippen LogP contribution < -0.4 is 14.8 Å². The molecule has 0 spiro atoms. The van der Waals surface area contributed by atoms with Gasteiger partial charge in [0.25, 0.3) is 0 Å². The number of aryl methyl sites for hydroxylation is 1. The lowest BCUT2D eigenvalue weighted by molar-refractivity contribution is 0.171. The number of fused-ring (bicyclic) bond motifs is 1. The van der Waals surface area contributed by atoms with E-state index in [0.717, 1.165) is 34.3 Å². The van der Waals surface area contributed by atoms with Crippen LogP contribution in [0.1, 0.15) is 17.0 Å². The van der Waals surface area contributed by atoms with Crippen molar-refractivity contribution in [3.63, 3.8) is 0 Å². The Morgan fingerprint density at radius 3 is 2.72 bits per heavy atom. The van der Waals surface area contributed by atoms with Crippen LogP contribution in [0.2, 0.25) is 0 Å². The zero-order valence-corrected chi connectivity index (χ0v) is 16.5. The first-order valence-electron chi connectivity index (χ1n) is 9.43. The number of pyridine rings is 1. The maximum absolute atomic E-state index is 12.5. The Morgan fingerprint density at radius 1 is 1.10 bits per heavy atom. The molecule has 2 aromatic heterocycles. The van der Waals surface area contributed by atoms with Crippen LogP contribution in [-0.4, -0.2) is 45.7 Å². The topological polar surface area (TPSA) is 81.5 Å². The first kappa shape index (κ1) is 18.8. The summed E-state index contributed by atoms with van der Waals surface area (Å²) in [6.45, 7) is 3.90. The molecule has 8 nitrogen and oxygen atoms in total. The van der Waals surface area contributed by atoms with Crippen LogP contribution >= 0.6 is 0 Å². The molecular weight excluding hydrogens is 370 g/mol. The molecule has 3 aromatic rings. The van der Waals surface area contributed by atoms with Crippen molar-refractivity contribution < 1.29 is 14.3 Å². The van der Waals surface area contributed by atoms with Gasteiger partial charge in [0.05, 0.1) is 0 Å². The maximum atomic E-state index is 12.5. The molecule has 2 amide bonds. The van der Waals surface area contributed by atoms with E-state index in [1.807, 2.05) is 48.0 Å². The number of hydrogen-bond acceptors (Lipinski definition) is 5. The molecule has 0 atom stereocenters. The van der Waals surface area contributed by atoms with Crippen LogP contribution in [-0.2, 0) is 13.1 Å². The summed E-state index contributed by atoms with van der Waals surface area (Å²) >= 11 is 0. The van der Waals surface area contributed by atoms with Gasteiger partial charge >= 0.3 is 6.03 Å². The van der Waals surface area contributed by atoms with Gasteiger partial charge in [-0.25, -0.2) is 14.8 Å². The van der Waals surface area contributed by atoms with E-state index < -0.39 is 0 Å². The Bertz CT molecular complexity index is 1020. The van der Waals surface area contributed by atoms with Crippen LogP contribution in [0, 0.1) is 6.92 Å². The van der Waals surface area contributed by atoms with Crippen LogP contribution in [0.5, 0.6) is 11.5 Å². The molecule has 1 aliphatic heterocycles. The van der Waals surface area contributed by atoms with Crippen molar-refractivity contribution in [3.8, 4) is 17.3 Å². The van der Waals surface area contributed by atoms with Crippen molar-refractivity contribution >= 4 is 6.03 Å². The smallest absolute Gasteiger partial charge is 0.317 e. The summed E-state index contributed by atoms with van der Waals surface area (Å²) in [5, 5.41) is 2.95. The van der Waals surface area contributed by atoms with Crippen LogP contribution in [0.15, 0.2) is 48.9 Å². The molecule has 0 bridgehead atoms. The van der Waals surface area contributed by atoms with Crippen molar-refractivity contribution in [3.05, 3.63) is 65.9 Å². The van der Waals surface area contributed by atoms with Gasteiger partial charge in [0, 0.05) is 38.7 Å². The van der Waals surface area contributed by atoms with E-state index in [4.69, 9.17) is 9.47 Å². The maximum Gasteiger partial charge on any atom is 0.317 e. The molecule has 150 valence electrons. The minimum Gasteiger partial charge on any atom is -0.486 e. The van der Waals surface area contributed by atoms with Gasteiger partial charge in [-0.15, -0.1) is 0 Å². The molecule has 1 aromatic carbocycles. The largest absolute Gasteiger partial charge is 0.486 e. The molecule has 0 saturated heterocycles. The fourth-order valence-corrected chi connectivity index (χ4v) is 3.17. The molecule has 0 radical (unpaired) electrons. The molecule has 1 N–H and O–H groups in total.